The minimum Gasteiger partial charge on any atom is -0.309 e. The highest BCUT2D eigenvalue weighted by Crippen LogP contribution is 2.66. The maximum atomic E-state index is 2.60. The van der Waals surface area contributed by atoms with E-state index >= 15 is 0 Å². The van der Waals surface area contributed by atoms with Crippen LogP contribution in [0.1, 0.15) is 69.5 Å². The molecule has 0 saturated carbocycles. The summed E-state index contributed by atoms with van der Waals surface area (Å²) in [5.74, 6) is 0. The highest BCUT2D eigenvalue weighted by molar-refractivity contribution is 6.22. The largest absolute Gasteiger partial charge is 0.309 e. The first kappa shape index (κ1) is 44.9. The van der Waals surface area contributed by atoms with E-state index in [0.717, 1.165) is 11.4 Å². The Kier molecular flexibility index (Phi) is 8.91. The van der Waals surface area contributed by atoms with Crippen molar-refractivity contribution in [2.45, 2.75) is 30.1 Å². The minimum absolute atomic E-state index is 0.179. The highest BCUT2D eigenvalue weighted by Gasteiger charge is 2.53. The molecule has 0 atom stereocenters. The number of benzene rings is 13. The molecule has 18 rings (SSSR count). The van der Waals surface area contributed by atoms with E-state index < -0.39 is 10.8 Å². The summed E-state index contributed by atoms with van der Waals surface area (Å²) in [5, 5.41) is 4.82. The number of fused-ring (bicyclic) bond motifs is 23. The van der Waals surface area contributed by atoms with Crippen LogP contribution in [0.3, 0.4) is 0 Å². The van der Waals surface area contributed by atoms with E-state index in [2.05, 4.69) is 303 Å². The molecule has 0 amide bonds. The van der Waals surface area contributed by atoms with Crippen molar-refractivity contribution < 1.29 is 0 Å². The summed E-state index contributed by atoms with van der Waals surface area (Å²) in [5.41, 5.74) is 29.3. The number of hydrogen-bond acceptors (Lipinski definition) is 2. The van der Waals surface area contributed by atoms with Crippen LogP contribution in [-0.4, -0.2) is 0 Å². The topological polar surface area (TPSA) is 6.48 Å². The summed E-state index contributed by atoms with van der Waals surface area (Å²) in [4.78, 5) is 5.19. The lowest BCUT2D eigenvalue weighted by Crippen LogP contribution is -2.36. The lowest BCUT2D eigenvalue weighted by molar-refractivity contribution is 0.660. The van der Waals surface area contributed by atoms with Gasteiger partial charge in [0.2, 0.25) is 0 Å². The molecule has 2 heteroatoms. The maximum Gasteiger partial charge on any atom is 0.0754 e. The predicted octanol–water partition coefficient (Wildman–Crippen LogP) is 20.3. The van der Waals surface area contributed by atoms with Crippen LogP contribution in [0.5, 0.6) is 0 Å². The number of nitrogens with zero attached hydrogens (tertiary/aromatic N) is 2. The van der Waals surface area contributed by atoms with E-state index in [4.69, 9.17) is 0 Å². The Hall–Kier alpha value is -10.0. The van der Waals surface area contributed by atoms with Crippen molar-refractivity contribution in [2.75, 3.05) is 9.80 Å². The molecule has 13 aromatic carbocycles. The fourth-order valence-electron chi connectivity index (χ4n) is 16.4. The number of rotatable bonds is 3. The van der Waals surface area contributed by atoms with Crippen molar-refractivity contribution in [3.63, 3.8) is 0 Å². The van der Waals surface area contributed by atoms with E-state index in [0.29, 0.717) is 0 Å². The van der Waals surface area contributed by atoms with Crippen LogP contribution in [-0.2, 0) is 16.2 Å². The molecule has 0 saturated heterocycles. The zero-order valence-electron chi connectivity index (χ0n) is 45.0. The standard InChI is InChI=1S/C79H52N2/c1-77(2)59-32-8-7-28-55(59)76-56(31-21-41-68(76)77)75-53-29-22-46-69(80-71-42-17-13-37-64(71)78(65-38-14-18-43-72(65)80)60-33-9-3-24-49(60)50-25-4-10-34-61(50)78)57(53)48-58-54(75)30-23-47-70(58)81-73-44-19-15-39-66(73)79(67-40-16-20-45-74(67)81)62-35-11-5-26-51(62)52-27-6-12-36-63(52)79/h3-48H,1-2H3. The zero-order chi connectivity index (χ0) is 53.3. The molecule has 13 aromatic rings. The summed E-state index contributed by atoms with van der Waals surface area (Å²) in [6.07, 6.45) is 0. The van der Waals surface area contributed by atoms with Crippen molar-refractivity contribution in [2.24, 2.45) is 0 Å². The molecule has 2 heterocycles. The van der Waals surface area contributed by atoms with Gasteiger partial charge >= 0.3 is 0 Å². The predicted molar refractivity (Wildman–Crippen MR) is 336 cm³/mol. The van der Waals surface area contributed by atoms with Crippen LogP contribution >= 0.6 is 0 Å². The van der Waals surface area contributed by atoms with Crippen molar-refractivity contribution in [3.05, 3.63) is 335 Å². The summed E-state index contributed by atoms with van der Waals surface area (Å²) in [6.45, 7) is 4.80. The van der Waals surface area contributed by atoms with Gasteiger partial charge in [-0.3, -0.25) is 0 Å². The molecule has 3 aliphatic carbocycles. The van der Waals surface area contributed by atoms with Crippen LogP contribution in [0.25, 0.3) is 66.1 Å². The third-order valence-electron chi connectivity index (χ3n) is 19.5. The fourth-order valence-corrected chi connectivity index (χ4v) is 16.4. The summed E-state index contributed by atoms with van der Waals surface area (Å²) in [6, 6.07) is 106. The van der Waals surface area contributed by atoms with Gasteiger partial charge in [-0.2, -0.15) is 0 Å². The van der Waals surface area contributed by atoms with Gasteiger partial charge in [-0.25, -0.2) is 0 Å². The van der Waals surface area contributed by atoms with Gasteiger partial charge in [0.15, 0.2) is 0 Å². The molecule has 2 aliphatic heterocycles. The number of hydrogen-bond donors (Lipinski definition) is 0. The summed E-state index contributed by atoms with van der Waals surface area (Å²) in [7, 11) is 0. The van der Waals surface area contributed by atoms with E-state index in [1.165, 1.54) is 144 Å². The Morgan fingerprint density at radius 3 is 0.889 bits per heavy atom. The molecule has 0 radical (unpaired) electrons. The van der Waals surface area contributed by atoms with Gasteiger partial charge < -0.3 is 9.80 Å². The molecule has 2 nitrogen and oxygen atoms in total. The monoisotopic (exact) mass is 1030 g/mol. The second-order valence-electron chi connectivity index (χ2n) is 23.3. The molecule has 0 aromatic heterocycles. The first-order valence-electron chi connectivity index (χ1n) is 28.6. The van der Waals surface area contributed by atoms with Crippen LogP contribution < -0.4 is 9.80 Å². The third kappa shape index (κ3) is 5.48. The maximum absolute atomic E-state index is 2.60. The van der Waals surface area contributed by atoms with E-state index in [1.807, 2.05) is 0 Å². The van der Waals surface area contributed by atoms with Crippen LogP contribution in [0, 0.1) is 0 Å². The molecule has 81 heavy (non-hydrogen) atoms. The van der Waals surface area contributed by atoms with Gasteiger partial charge in [-0.05, 0) is 153 Å². The van der Waals surface area contributed by atoms with Crippen LogP contribution in [0.15, 0.2) is 279 Å². The first-order valence-corrected chi connectivity index (χ1v) is 28.6. The van der Waals surface area contributed by atoms with Gasteiger partial charge in [0, 0.05) is 16.2 Å². The SMILES string of the molecule is CC1(C)c2ccccc2-c2c(-c3c4cccc(N5c6ccccc6C6(c7ccccc7-c7ccccc76)c6ccccc65)c4cc4c(N5c6ccccc6C6(c7ccccc7-c7ccccc76)c6ccccc65)cccc34)cccc21. The zero-order valence-corrected chi connectivity index (χ0v) is 45.0. The fraction of sp³-hybridized carbons (Fsp3) is 0.0633. The lowest BCUT2D eigenvalue weighted by atomic mass is 9.64. The molecule has 0 fully saturated rings. The average molecular weight is 1030 g/mol. The quantitative estimate of drug-likeness (QED) is 0.163. The molecular weight excluding hydrogens is 977 g/mol. The first-order chi connectivity index (χ1) is 40.0. The normalized spacial score (nSPS) is 15.3. The smallest absolute Gasteiger partial charge is 0.0754 e. The Labute approximate surface area is 472 Å². The molecule has 0 unspecified atom stereocenters. The Morgan fingerprint density at radius 2 is 0.494 bits per heavy atom. The Morgan fingerprint density at radius 1 is 0.210 bits per heavy atom. The van der Waals surface area contributed by atoms with Gasteiger partial charge in [-0.1, -0.05) is 250 Å². The van der Waals surface area contributed by atoms with Gasteiger partial charge in [0.25, 0.3) is 0 Å². The molecule has 378 valence electrons. The van der Waals surface area contributed by atoms with Gasteiger partial charge in [-0.15, -0.1) is 0 Å². The van der Waals surface area contributed by atoms with Crippen LogP contribution in [0.2, 0.25) is 0 Å². The molecule has 2 spiro atoms. The van der Waals surface area contributed by atoms with Crippen molar-refractivity contribution in [1.29, 1.82) is 0 Å². The summed E-state index contributed by atoms with van der Waals surface area (Å²) >= 11 is 0. The van der Waals surface area contributed by atoms with E-state index in [-0.39, 0.29) is 5.41 Å². The highest BCUT2D eigenvalue weighted by atomic mass is 15.2. The minimum atomic E-state index is -0.524. The van der Waals surface area contributed by atoms with E-state index in [1.54, 1.807) is 0 Å². The molecule has 0 bridgehead atoms. The Bertz CT molecular complexity index is 4460. The number of para-hydroxylation sites is 4. The van der Waals surface area contributed by atoms with Crippen molar-refractivity contribution >= 4 is 55.7 Å². The van der Waals surface area contributed by atoms with Crippen molar-refractivity contribution in [1.82, 2.24) is 0 Å². The average Bonchev–Trinajstić information content (AvgIpc) is 4.30. The third-order valence-corrected chi connectivity index (χ3v) is 19.5. The van der Waals surface area contributed by atoms with Gasteiger partial charge in [0.05, 0.1) is 45.0 Å². The summed E-state index contributed by atoms with van der Waals surface area (Å²) < 4.78 is 0. The van der Waals surface area contributed by atoms with Gasteiger partial charge in [0.1, 0.15) is 0 Å². The lowest BCUT2D eigenvalue weighted by Gasteiger charge is -2.45. The second-order valence-corrected chi connectivity index (χ2v) is 23.3. The van der Waals surface area contributed by atoms with E-state index in [9.17, 15) is 0 Å². The Balaban J connectivity index is 0.958. The molecule has 0 N–H and O–H groups in total. The van der Waals surface area contributed by atoms with Crippen LogP contribution in [0.4, 0.5) is 34.1 Å². The molecular formula is C79H52N2. The second kappa shape index (κ2) is 16.1. The van der Waals surface area contributed by atoms with Crippen molar-refractivity contribution in [3.8, 4) is 44.5 Å². The molecule has 5 aliphatic rings. The number of anilines is 6.